The molecule has 10 heteroatoms. The standard InChI is InChI=1S/C20H18F3N3O4/c1-12(27)30-26-18(13-6-5-7-14(10-13)20(21,22)23)16-9-4-3-8-15(16)17(11-29-2)19(28)25-24/h3-11H,24H2,1-2H3,(H,25,28). The van der Waals surface area contributed by atoms with E-state index in [2.05, 4.69) is 5.16 Å². The molecule has 0 aliphatic heterocycles. The van der Waals surface area contributed by atoms with Crippen LogP contribution < -0.4 is 11.3 Å². The van der Waals surface area contributed by atoms with Crippen molar-refractivity contribution >= 4 is 23.2 Å². The van der Waals surface area contributed by atoms with Gasteiger partial charge in [-0.3, -0.25) is 10.2 Å². The number of hydrogen-bond donors (Lipinski definition) is 2. The summed E-state index contributed by atoms with van der Waals surface area (Å²) >= 11 is 0. The molecule has 0 unspecified atom stereocenters. The molecule has 0 saturated carbocycles. The van der Waals surface area contributed by atoms with Crippen LogP contribution in [0.4, 0.5) is 13.2 Å². The van der Waals surface area contributed by atoms with Gasteiger partial charge in [0.15, 0.2) is 0 Å². The van der Waals surface area contributed by atoms with Crippen molar-refractivity contribution in [2.24, 2.45) is 11.0 Å². The average molecular weight is 421 g/mol. The van der Waals surface area contributed by atoms with Gasteiger partial charge in [-0.2, -0.15) is 13.2 Å². The molecule has 0 bridgehead atoms. The highest BCUT2D eigenvalue weighted by Gasteiger charge is 2.31. The molecule has 3 N–H and O–H groups in total. The minimum Gasteiger partial charge on any atom is -0.504 e. The molecular formula is C20H18F3N3O4. The zero-order valence-electron chi connectivity index (χ0n) is 16.0. The molecule has 0 heterocycles. The summed E-state index contributed by atoms with van der Waals surface area (Å²) in [5.74, 6) is 3.74. The van der Waals surface area contributed by atoms with Crippen molar-refractivity contribution in [1.29, 1.82) is 0 Å². The summed E-state index contributed by atoms with van der Waals surface area (Å²) in [6.45, 7) is 1.09. The van der Waals surface area contributed by atoms with E-state index in [4.69, 9.17) is 15.4 Å². The summed E-state index contributed by atoms with van der Waals surface area (Å²) in [4.78, 5) is 28.2. The third-order valence-electron chi connectivity index (χ3n) is 3.81. The first-order valence-electron chi connectivity index (χ1n) is 8.46. The van der Waals surface area contributed by atoms with Crippen LogP contribution in [0.2, 0.25) is 0 Å². The van der Waals surface area contributed by atoms with E-state index in [9.17, 15) is 22.8 Å². The quantitative estimate of drug-likeness (QED) is 0.142. The number of hydrazine groups is 1. The van der Waals surface area contributed by atoms with E-state index >= 15 is 0 Å². The molecular weight excluding hydrogens is 403 g/mol. The van der Waals surface area contributed by atoms with Crippen molar-refractivity contribution < 1.29 is 32.3 Å². The zero-order valence-corrected chi connectivity index (χ0v) is 16.0. The van der Waals surface area contributed by atoms with Crippen LogP contribution in [0.25, 0.3) is 5.57 Å². The van der Waals surface area contributed by atoms with Gasteiger partial charge >= 0.3 is 12.1 Å². The fraction of sp³-hybridized carbons (Fsp3) is 0.150. The molecule has 7 nitrogen and oxygen atoms in total. The topological polar surface area (TPSA) is 103 Å². The van der Waals surface area contributed by atoms with E-state index < -0.39 is 23.6 Å². The monoisotopic (exact) mass is 421 g/mol. The molecule has 0 atom stereocenters. The summed E-state index contributed by atoms with van der Waals surface area (Å²) in [6.07, 6.45) is -3.47. The third-order valence-corrected chi connectivity index (χ3v) is 3.81. The number of nitrogens with one attached hydrogen (secondary N) is 1. The van der Waals surface area contributed by atoms with Gasteiger partial charge in [-0.15, -0.1) is 0 Å². The lowest BCUT2D eigenvalue weighted by Crippen LogP contribution is -2.31. The fourth-order valence-electron chi connectivity index (χ4n) is 2.57. The van der Waals surface area contributed by atoms with Crippen LogP contribution in [0.15, 0.2) is 59.9 Å². The molecule has 0 aliphatic carbocycles. The van der Waals surface area contributed by atoms with Crippen molar-refractivity contribution in [2.75, 3.05) is 7.11 Å². The predicted octanol–water partition coefficient (Wildman–Crippen LogP) is 3.00. The molecule has 158 valence electrons. The van der Waals surface area contributed by atoms with Crippen LogP contribution >= 0.6 is 0 Å². The number of oxime groups is 1. The molecule has 1 amide bonds. The Hall–Kier alpha value is -3.66. The summed E-state index contributed by atoms with van der Waals surface area (Å²) in [5.41, 5.74) is 1.41. The minimum absolute atomic E-state index is 0.0156. The Morgan fingerprint density at radius 3 is 2.33 bits per heavy atom. The second-order valence-corrected chi connectivity index (χ2v) is 5.89. The van der Waals surface area contributed by atoms with Gasteiger partial charge in [0.25, 0.3) is 5.91 Å². The molecule has 0 radical (unpaired) electrons. The Balaban J connectivity index is 2.75. The lowest BCUT2D eigenvalue weighted by atomic mass is 9.92. The van der Waals surface area contributed by atoms with E-state index in [1.807, 2.05) is 5.43 Å². The molecule has 0 fully saturated rings. The zero-order chi connectivity index (χ0) is 22.3. The number of nitrogens with zero attached hydrogens (tertiary/aromatic N) is 1. The molecule has 2 aromatic carbocycles. The fourth-order valence-corrected chi connectivity index (χ4v) is 2.57. The van der Waals surface area contributed by atoms with Crippen LogP contribution in [0.5, 0.6) is 0 Å². The Kier molecular flexibility index (Phi) is 7.32. The molecule has 0 saturated heterocycles. The van der Waals surface area contributed by atoms with E-state index in [1.165, 1.54) is 31.4 Å². The lowest BCUT2D eigenvalue weighted by molar-refractivity contribution is -0.141. The van der Waals surface area contributed by atoms with Gasteiger partial charge in [-0.05, 0) is 17.7 Å². The maximum Gasteiger partial charge on any atom is 0.416 e. The Labute approximate surface area is 169 Å². The van der Waals surface area contributed by atoms with E-state index in [-0.39, 0.29) is 28.0 Å². The molecule has 30 heavy (non-hydrogen) atoms. The highest BCUT2D eigenvalue weighted by Crippen LogP contribution is 2.31. The first-order valence-corrected chi connectivity index (χ1v) is 8.46. The number of nitrogens with two attached hydrogens (primary N) is 1. The van der Waals surface area contributed by atoms with Gasteiger partial charge in [0.1, 0.15) is 5.71 Å². The molecule has 2 rings (SSSR count). The molecule has 0 spiro atoms. The van der Waals surface area contributed by atoms with Gasteiger partial charge in [0, 0.05) is 18.1 Å². The largest absolute Gasteiger partial charge is 0.504 e. The summed E-state index contributed by atoms with van der Waals surface area (Å²) in [5, 5.41) is 3.74. The van der Waals surface area contributed by atoms with E-state index in [1.54, 1.807) is 12.1 Å². The maximum absolute atomic E-state index is 13.2. The number of ether oxygens (including phenoxy) is 1. The van der Waals surface area contributed by atoms with Gasteiger partial charge in [-0.25, -0.2) is 10.6 Å². The first kappa shape index (κ1) is 22.6. The van der Waals surface area contributed by atoms with Crippen LogP contribution in [-0.2, 0) is 25.3 Å². The first-order chi connectivity index (χ1) is 14.2. The van der Waals surface area contributed by atoms with Gasteiger partial charge in [-0.1, -0.05) is 41.6 Å². The average Bonchev–Trinajstić information content (AvgIpc) is 2.71. The van der Waals surface area contributed by atoms with Crippen LogP contribution in [-0.4, -0.2) is 24.7 Å². The molecule has 0 aliphatic rings. The van der Waals surface area contributed by atoms with Gasteiger partial charge < -0.3 is 9.57 Å². The number of carbonyl (C=O) groups is 2. The number of methoxy groups -OCH3 is 1. The summed E-state index contributed by atoms with van der Waals surface area (Å²) < 4.78 is 44.5. The SMILES string of the molecule is COC=C(C(=O)NN)c1ccccc1C(=NOC(C)=O)c1cccc(C(F)(F)F)c1. The highest BCUT2D eigenvalue weighted by molar-refractivity contribution is 6.24. The third kappa shape index (κ3) is 5.45. The number of halogens is 3. The number of alkyl halides is 3. The Morgan fingerprint density at radius 1 is 1.10 bits per heavy atom. The maximum atomic E-state index is 13.2. The summed E-state index contributed by atoms with van der Waals surface area (Å²) in [6, 6.07) is 10.5. The van der Waals surface area contributed by atoms with E-state index in [0.29, 0.717) is 0 Å². The second-order valence-electron chi connectivity index (χ2n) is 5.89. The van der Waals surface area contributed by atoms with Crippen molar-refractivity contribution in [3.8, 4) is 0 Å². The Morgan fingerprint density at radius 2 is 1.77 bits per heavy atom. The number of benzene rings is 2. The summed E-state index contributed by atoms with van der Waals surface area (Å²) in [7, 11) is 1.31. The highest BCUT2D eigenvalue weighted by atomic mass is 19.4. The van der Waals surface area contributed by atoms with Crippen LogP contribution in [0.1, 0.15) is 29.2 Å². The normalized spacial score (nSPS) is 12.3. The predicted molar refractivity (Wildman–Crippen MR) is 103 cm³/mol. The van der Waals surface area contributed by atoms with Crippen LogP contribution in [0.3, 0.4) is 0 Å². The van der Waals surface area contributed by atoms with Gasteiger partial charge in [0.05, 0.1) is 24.5 Å². The van der Waals surface area contributed by atoms with Crippen LogP contribution in [0, 0.1) is 0 Å². The van der Waals surface area contributed by atoms with Crippen molar-refractivity contribution in [3.05, 3.63) is 77.0 Å². The van der Waals surface area contributed by atoms with E-state index in [0.717, 1.165) is 25.3 Å². The van der Waals surface area contributed by atoms with Gasteiger partial charge in [0.2, 0.25) is 0 Å². The molecule has 0 aromatic heterocycles. The van der Waals surface area contributed by atoms with Crippen molar-refractivity contribution in [1.82, 2.24) is 5.43 Å². The Bertz CT molecular complexity index is 1000. The van der Waals surface area contributed by atoms with Crippen molar-refractivity contribution in [2.45, 2.75) is 13.1 Å². The van der Waals surface area contributed by atoms with Crippen molar-refractivity contribution in [3.63, 3.8) is 0 Å². The second kappa shape index (κ2) is 9.70. The minimum atomic E-state index is -4.59. The lowest BCUT2D eigenvalue weighted by Gasteiger charge is -2.15. The number of rotatable bonds is 6. The smallest absolute Gasteiger partial charge is 0.416 e. The number of carbonyl (C=O) groups excluding carboxylic acids is 2. The number of amides is 1. The molecule has 2 aromatic rings. The number of hydrogen-bond acceptors (Lipinski definition) is 6.